The maximum absolute atomic E-state index is 12.3. The van der Waals surface area contributed by atoms with Crippen molar-refractivity contribution in [1.29, 1.82) is 0 Å². The molecular weight excluding hydrogens is 364 g/mol. The molecule has 0 fully saturated rings. The predicted octanol–water partition coefficient (Wildman–Crippen LogP) is 2.03. The van der Waals surface area contributed by atoms with Crippen LogP contribution in [0.4, 0.5) is 5.13 Å². The summed E-state index contributed by atoms with van der Waals surface area (Å²) in [5.41, 5.74) is 6.38. The number of carbonyl (C=O) groups excluding carboxylic acids is 3. The summed E-state index contributed by atoms with van der Waals surface area (Å²) in [6, 6.07) is 6.41. The number of aromatic nitrogens is 1. The Morgan fingerprint density at radius 2 is 1.96 bits per heavy atom. The van der Waals surface area contributed by atoms with Gasteiger partial charge in [-0.3, -0.25) is 14.4 Å². The second-order valence-corrected chi connectivity index (χ2v) is 6.64. The number of nitrogens with one attached hydrogen (secondary N) is 2. The van der Waals surface area contributed by atoms with E-state index in [-0.39, 0.29) is 24.7 Å². The SMILES string of the molecule is CC(=O)NC(CC(=O)Nc1nc(CC(N)=O)cs1)c1ccc(Cl)cc1. The van der Waals surface area contributed by atoms with Crippen LogP contribution >= 0.6 is 22.9 Å². The maximum atomic E-state index is 12.3. The van der Waals surface area contributed by atoms with E-state index in [1.165, 1.54) is 18.3 Å². The minimum atomic E-state index is -0.489. The van der Waals surface area contributed by atoms with Gasteiger partial charge in [-0.25, -0.2) is 4.98 Å². The van der Waals surface area contributed by atoms with Gasteiger partial charge in [-0.1, -0.05) is 23.7 Å². The van der Waals surface area contributed by atoms with Crippen LogP contribution in [0.3, 0.4) is 0 Å². The highest BCUT2D eigenvalue weighted by molar-refractivity contribution is 7.13. The number of anilines is 1. The first kappa shape index (κ1) is 18.9. The van der Waals surface area contributed by atoms with Crippen LogP contribution in [0.2, 0.25) is 5.02 Å². The van der Waals surface area contributed by atoms with E-state index in [0.717, 1.165) is 5.56 Å². The van der Waals surface area contributed by atoms with Gasteiger partial charge in [0.25, 0.3) is 0 Å². The molecule has 1 aromatic heterocycles. The summed E-state index contributed by atoms with van der Waals surface area (Å²) in [7, 11) is 0. The van der Waals surface area contributed by atoms with E-state index < -0.39 is 11.9 Å². The van der Waals surface area contributed by atoms with E-state index in [4.69, 9.17) is 17.3 Å². The molecule has 0 saturated heterocycles. The van der Waals surface area contributed by atoms with Crippen molar-refractivity contribution in [2.75, 3.05) is 5.32 Å². The minimum Gasteiger partial charge on any atom is -0.369 e. The van der Waals surface area contributed by atoms with Crippen molar-refractivity contribution in [2.24, 2.45) is 5.73 Å². The lowest BCUT2D eigenvalue weighted by molar-refractivity contribution is -0.120. The Labute approximate surface area is 153 Å². The van der Waals surface area contributed by atoms with Gasteiger partial charge in [0, 0.05) is 17.3 Å². The van der Waals surface area contributed by atoms with E-state index in [2.05, 4.69) is 15.6 Å². The zero-order valence-electron chi connectivity index (χ0n) is 13.4. The van der Waals surface area contributed by atoms with Crippen molar-refractivity contribution in [3.05, 3.63) is 45.9 Å². The van der Waals surface area contributed by atoms with E-state index in [9.17, 15) is 14.4 Å². The summed E-state index contributed by atoms with van der Waals surface area (Å²) >= 11 is 7.07. The molecule has 0 spiro atoms. The molecule has 3 amide bonds. The van der Waals surface area contributed by atoms with Crippen LogP contribution in [0.5, 0.6) is 0 Å². The number of amides is 3. The quantitative estimate of drug-likeness (QED) is 0.681. The molecule has 0 aliphatic heterocycles. The van der Waals surface area contributed by atoms with Crippen molar-refractivity contribution in [1.82, 2.24) is 10.3 Å². The van der Waals surface area contributed by atoms with Gasteiger partial charge in [0.05, 0.1) is 24.6 Å². The second kappa shape index (κ2) is 8.59. The number of hydrogen-bond acceptors (Lipinski definition) is 5. The smallest absolute Gasteiger partial charge is 0.228 e. The average Bonchev–Trinajstić information content (AvgIpc) is 2.93. The Bertz CT molecular complexity index is 776. The molecule has 1 unspecified atom stereocenters. The molecule has 132 valence electrons. The standard InChI is InChI=1S/C16H17ClN4O3S/c1-9(22)19-13(10-2-4-11(17)5-3-10)7-15(24)21-16-20-12(8-25-16)6-14(18)23/h2-5,8,13H,6-7H2,1H3,(H2,18,23)(H,19,22)(H,20,21,24). The van der Waals surface area contributed by atoms with E-state index in [1.54, 1.807) is 29.6 Å². The Balaban J connectivity index is 2.03. The zero-order valence-corrected chi connectivity index (χ0v) is 15.0. The van der Waals surface area contributed by atoms with Crippen LogP contribution in [-0.2, 0) is 20.8 Å². The molecule has 0 saturated carbocycles. The molecule has 9 heteroatoms. The molecule has 1 atom stereocenters. The van der Waals surface area contributed by atoms with E-state index in [1.807, 2.05) is 0 Å². The van der Waals surface area contributed by atoms with Gasteiger partial charge in [-0.15, -0.1) is 11.3 Å². The number of benzene rings is 1. The molecule has 0 radical (unpaired) electrons. The molecule has 25 heavy (non-hydrogen) atoms. The number of rotatable bonds is 7. The zero-order chi connectivity index (χ0) is 18.4. The minimum absolute atomic E-state index is 0.0195. The Morgan fingerprint density at radius 1 is 1.28 bits per heavy atom. The van der Waals surface area contributed by atoms with Crippen LogP contribution in [0.15, 0.2) is 29.6 Å². The third-order valence-corrected chi connectivity index (χ3v) is 4.25. The number of hydrogen-bond donors (Lipinski definition) is 3. The van der Waals surface area contributed by atoms with Crippen LogP contribution in [0.1, 0.15) is 30.6 Å². The van der Waals surface area contributed by atoms with Crippen LogP contribution in [-0.4, -0.2) is 22.7 Å². The Hall–Kier alpha value is -2.45. The highest BCUT2D eigenvalue weighted by atomic mass is 35.5. The van der Waals surface area contributed by atoms with Gasteiger partial charge in [-0.05, 0) is 17.7 Å². The summed E-state index contributed by atoms with van der Waals surface area (Å²) in [6.07, 6.45) is 0.0532. The first-order valence-corrected chi connectivity index (χ1v) is 8.64. The topological polar surface area (TPSA) is 114 Å². The molecule has 1 aromatic carbocycles. The van der Waals surface area contributed by atoms with Crippen molar-refractivity contribution in [2.45, 2.75) is 25.8 Å². The highest BCUT2D eigenvalue weighted by Crippen LogP contribution is 2.21. The summed E-state index contributed by atoms with van der Waals surface area (Å²) < 4.78 is 0. The highest BCUT2D eigenvalue weighted by Gasteiger charge is 2.18. The summed E-state index contributed by atoms with van der Waals surface area (Å²) in [4.78, 5) is 38.7. The molecule has 1 heterocycles. The fourth-order valence-electron chi connectivity index (χ4n) is 2.17. The van der Waals surface area contributed by atoms with Gasteiger partial charge >= 0.3 is 0 Å². The van der Waals surface area contributed by atoms with Gasteiger partial charge < -0.3 is 16.4 Å². The third kappa shape index (κ3) is 6.17. The monoisotopic (exact) mass is 380 g/mol. The van der Waals surface area contributed by atoms with Crippen molar-refractivity contribution >= 4 is 45.8 Å². The molecule has 2 rings (SSSR count). The summed E-state index contributed by atoms with van der Waals surface area (Å²) in [5, 5.41) is 8.00. The molecule has 0 bridgehead atoms. The maximum Gasteiger partial charge on any atom is 0.228 e. The number of nitrogens with two attached hydrogens (primary N) is 1. The summed E-state index contributed by atoms with van der Waals surface area (Å²) in [5.74, 6) is -1.05. The van der Waals surface area contributed by atoms with E-state index in [0.29, 0.717) is 15.8 Å². The lowest BCUT2D eigenvalue weighted by Gasteiger charge is -2.17. The van der Waals surface area contributed by atoms with Crippen LogP contribution < -0.4 is 16.4 Å². The molecule has 7 nitrogen and oxygen atoms in total. The normalized spacial score (nSPS) is 11.6. The van der Waals surface area contributed by atoms with Crippen LogP contribution in [0, 0.1) is 0 Å². The first-order chi connectivity index (χ1) is 11.8. The average molecular weight is 381 g/mol. The fraction of sp³-hybridized carbons (Fsp3) is 0.250. The molecule has 0 aliphatic rings. The van der Waals surface area contributed by atoms with Crippen molar-refractivity contribution < 1.29 is 14.4 Å². The number of halogens is 1. The third-order valence-electron chi connectivity index (χ3n) is 3.19. The largest absolute Gasteiger partial charge is 0.369 e. The van der Waals surface area contributed by atoms with Crippen molar-refractivity contribution in [3.63, 3.8) is 0 Å². The van der Waals surface area contributed by atoms with E-state index >= 15 is 0 Å². The lowest BCUT2D eigenvalue weighted by Crippen LogP contribution is -2.29. The number of nitrogens with zero attached hydrogens (tertiary/aromatic N) is 1. The van der Waals surface area contributed by atoms with Crippen LogP contribution in [0.25, 0.3) is 0 Å². The first-order valence-electron chi connectivity index (χ1n) is 7.38. The molecule has 4 N–H and O–H groups in total. The van der Waals surface area contributed by atoms with Gasteiger partial charge in [0.2, 0.25) is 17.7 Å². The number of thiazole rings is 1. The number of primary amides is 1. The Morgan fingerprint density at radius 3 is 2.56 bits per heavy atom. The fourth-order valence-corrected chi connectivity index (χ4v) is 3.02. The molecule has 2 aromatic rings. The predicted molar refractivity (Wildman–Crippen MR) is 96.3 cm³/mol. The van der Waals surface area contributed by atoms with Gasteiger partial charge in [0.1, 0.15) is 0 Å². The molecular formula is C16H17ClN4O3S. The van der Waals surface area contributed by atoms with Gasteiger partial charge in [-0.2, -0.15) is 0 Å². The lowest BCUT2D eigenvalue weighted by atomic mass is 10.0. The van der Waals surface area contributed by atoms with Gasteiger partial charge in [0.15, 0.2) is 5.13 Å². The summed E-state index contributed by atoms with van der Waals surface area (Å²) in [6.45, 7) is 1.39. The Kier molecular flexibility index (Phi) is 6.49. The molecule has 0 aliphatic carbocycles. The van der Waals surface area contributed by atoms with Crippen molar-refractivity contribution in [3.8, 4) is 0 Å². The number of carbonyl (C=O) groups is 3. The second-order valence-electron chi connectivity index (χ2n) is 5.34.